The molecule has 40 heavy (non-hydrogen) atoms. The van der Waals surface area contributed by atoms with Crippen LogP contribution in [0.4, 0.5) is 0 Å². The SMILES string of the molecule is C=C(C)C(=O)Oc1cc(OC(=O)C(=C)C)cc(-c2ccc(-c3ccc(OC(=O)C(=C)C)c4c3CCC4)cc2C)c1. The lowest BCUT2D eigenvalue weighted by atomic mass is 9.92. The standard InChI is InChI=1S/C34H32O6/c1-19(2)32(35)38-25-16-24(17-26(18-25)39-33(36)20(3)4)27-12-11-23(15-22(27)7)28-13-14-31(40-34(37)21(5)6)30-10-8-9-29(28)30/h11-18H,1,3,5,8-10H2,2,4,6-7H3. The third-order valence-electron chi connectivity index (χ3n) is 6.64. The number of hydrogen-bond donors (Lipinski definition) is 0. The van der Waals surface area contributed by atoms with E-state index in [-0.39, 0.29) is 22.6 Å². The number of fused-ring (bicyclic) bond motifs is 1. The van der Waals surface area contributed by atoms with E-state index in [1.807, 2.05) is 31.2 Å². The summed E-state index contributed by atoms with van der Waals surface area (Å²) in [5, 5.41) is 0. The Morgan fingerprint density at radius 3 is 1.70 bits per heavy atom. The molecule has 204 valence electrons. The highest BCUT2D eigenvalue weighted by Crippen LogP contribution is 2.40. The first kappa shape index (κ1) is 28.3. The van der Waals surface area contributed by atoms with Gasteiger partial charge in [0.05, 0.1) is 0 Å². The Hall–Kier alpha value is -4.71. The second-order valence-electron chi connectivity index (χ2n) is 10.2. The normalized spacial score (nSPS) is 11.8. The minimum absolute atomic E-state index is 0.233. The number of ether oxygens (including phenoxy) is 3. The summed E-state index contributed by atoms with van der Waals surface area (Å²) in [5.74, 6) is -0.519. The van der Waals surface area contributed by atoms with Gasteiger partial charge in [-0.3, -0.25) is 0 Å². The van der Waals surface area contributed by atoms with Crippen molar-refractivity contribution in [2.75, 3.05) is 0 Å². The van der Waals surface area contributed by atoms with E-state index in [1.54, 1.807) is 32.9 Å². The van der Waals surface area contributed by atoms with Crippen LogP contribution in [0.2, 0.25) is 0 Å². The summed E-state index contributed by atoms with van der Waals surface area (Å²) in [4.78, 5) is 36.5. The lowest BCUT2D eigenvalue weighted by Gasteiger charge is -2.16. The Balaban J connectivity index is 1.72. The second kappa shape index (κ2) is 11.6. The zero-order valence-corrected chi connectivity index (χ0v) is 23.3. The van der Waals surface area contributed by atoms with Crippen LogP contribution in [0.5, 0.6) is 17.2 Å². The first-order chi connectivity index (χ1) is 18.9. The first-order valence-electron chi connectivity index (χ1n) is 13.0. The summed E-state index contributed by atoms with van der Waals surface area (Å²) in [7, 11) is 0. The molecule has 6 heteroatoms. The zero-order valence-electron chi connectivity index (χ0n) is 23.3. The van der Waals surface area contributed by atoms with Gasteiger partial charge in [0.15, 0.2) is 0 Å². The molecule has 1 aliphatic rings. The summed E-state index contributed by atoms with van der Waals surface area (Å²) in [6.07, 6.45) is 2.74. The summed E-state index contributed by atoms with van der Waals surface area (Å²) in [6, 6.07) is 14.9. The van der Waals surface area contributed by atoms with Gasteiger partial charge in [0, 0.05) is 22.8 Å². The van der Waals surface area contributed by atoms with E-state index in [2.05, 4.69) is 25.8 Å². The molecular weight excluding hydrogens is 504 g/mol. The quantitative estimate of drug-likeness (QED) is 0.171. The van der Waals surface area contributed by atoms with Gasteiger partial charge in [-0.15, -0.1) is 0 Å². The predicted molar refractivity (Wildman–Crippen MR) is 155 cm³/mol. The van der Waals surface area contributed by atoms with Crippen molar-refractivity contribution in [2.45, 2.75) is 47.0 Å². The number of rotatable bonds is 8. The highest BCUT2D eigenvalue weighted by atomic mass is 16.5. The molecule has 0 saturated carbocycles. The molecule has 3 aromatic carbocycles. The Bertz CT molecular complexity index is 1540. The van der Waals surface area contributed by atoms with Crippen molar-refractivity contribution in [1.82, 2.24) is 0 Å². The van der Waals surface area contributed by atoms with Crippen molar-refractivity contribution in [1.29, 1.82) is 0 Å². The van der Waals surface area contributed by atoms with Crippen LogP contribution >= 0.6 is 0 Å². The molecule has 0 radical (unpaired) electrons. The average molecular weight is 537 g/mol. The molecule has 0 aromatic heterocycles. The Morgan fingerprint density at radius 2 is 1.15 bits per heavy atom. The lowest BCUT2D eigenvalue weighted by molar-refractivity contribution is -0.131. The zero-order chi connectivity index (χ0) is 29.1. The molecule has 0 N–H and O–H groups in total. The number of carbonyl (C=O) groups is 3. The number of aryl methyl sites for hydroxylation is 1. The van der Waals surface area contributed by atoms with Crippen LogP contribution < -0.4 is 14.2 Å². The van der Waals surface area contributed by atoms with Gasteiger partial charge in [-0.25, -0.2) is 14.4 Å². The van der Waals surface area contributed by atoms with Gasteiger partial charge in [0.2, 0.25) is 0 Å². The van der Waals surface area contributed by atoms with Gasteiger partial charge in [-0.2, -0.15) is 0 Å². The van der Waals surface area contributed by atoms with Crippen LogP contribution in [0, 0.1) is 6.92 Å². The Labute approximate surface area is 234 Å². The van der Waals surface area contributed by atoms with Crippen LogP contribution in [0.25, 0.3) is 22.3 Å². The van der Waals surface area contributed by atoms with E-state index in [1.165, 1.54) is 11.6 Å². The molecule has 1 aliphatic carbocycles. The highest BCUT2D eigenvalue weighted by Gasteiger charge is 2.22. The van der Waals surface area contributed by atoms with Gasteiger partial charge >= 0.3 is 17.9 Å². The van der Waals surface area contributed by atoms with E-state index in [9.17, 15) is 14.4 Å². The van der Waals surface area contributed by atoms with Gasteiger partial charge in [0.25, 0.3) is 0 Å². The number of benzene rings is 3. The maximum Gasteiger partial charge on any atom is 0.338 e. The topological polar surface area (TPSA) is 78.9 Å². The van der Waals surface area contributed by atoms with Gasteiger partial charge in [-0.1, -0.05) is 44.0 Å². The van der Waals surface area contributed by atoms with Crippen LogP contribution in [0.15, 0.2) is 85.0 Å². The van der Waals surface area contributed by atoms with Crippen LogP contribution in [0.3, 0.4) is 0 Å². The van der Waals surface area contributed by atoms with Crippen LogP contribution in [0.1, 0.15) is 43.9 Å². The van der Waals surface area contributed by atoms with Gasteiger partial charge in [0.1, 0.15) is 17.2 Å². The molecule has 0 heterocycles. The van der Waals surface area contributed by atoms with Crippen molar-refractivity contribution >= 4 is 17.9 Å². The molecular formula is C34H32O6. The van der Waals surface area contributed by atoms with Crippen molar-refractivity contribution in [2.24, 2.45) is 0 Å². The Morgan fingerprint density at radius 1 is 0.625 bits per heavy atom. The van der Waals surface area contributed by atoms with E-state index in [0.29, 0.717) is 16.9 Å². The molecule has 4 rings (SSSR count). The minimum Gasteiger partial charge on any atom is -0.423 e. The molecule has 0 saturated heterocycles. The number of esters is 3. The molecule has 6 nitrogen and oxygen atoms in total. The maximum atomic E-state index is 12.2. The summed E-state index contributed by atoms with van der Waals surface area (Å²) < 4.78 is 16.5. The average Bonchev–Trinajstić information content (AvgIpc) is 3.39. The molecule has 0 fully saturated rings. The fourth-order valence-corrected chi connectivity index (χ4v) is 4.61. The summed E-state index contributed by atoms with van der Waals surface area (Å²) >= 11 is 0. The molecule has 0 aliphatic heterocycles. The smallest absolute Gasteiger partial charge is 0.338 e. The van der Waals surface area contributed by atoms with Crippen molar-refractivity contribution in [3.05, 3.63) is 102 Å². The second-order valence-corrected chi connectivity index (χ2v) is 10.2. The molecule has 0 atom stereocenters. The van der Waals surface area contributed by atoms with E-state index < -0.39 is 17.9 Å². The van der Waals surface area contributed by atoms with Crippen molar-refractivity contribution < 1.29 is 28.6 Å². The van der Waals surface area contributed by atoms with E-state index >= 15 is 0 Å². The molecule has 0 bridgehead atoms. The third kappa shape index (κ3) is 6.12. The fourth-order valence-electron chi connectivity index (χ4n) is 4.61. The summed E-state index contributed by atoms with van der Waals surface area (Å²) in [5.41, 5.74) is 7.81. The molecule has 0 amide bonds. The largest absolute Gasteiger partial charge is 0.423 e. The Kier molecular flexibility index (Phi) is 8.19. The van der Waals surface area contributed by atoms with E-state index in [4.69, 9.17) is 14.2 Å². The predicted octanol–water partition coefficient (Wildman–Crippen LogP) is 7.26. The van der Waals surface area contributed by atoms with Crippen LogP contribution in [-0.4, -0.2) is 17.9 Å². The third-order valence-corrected chi connectivity index (χ3v) is 6.64. The molecule has 0 unspecified atom stereocenters. The monoisotopic (exact) mass is 536 g/mol. The van der Waals surface area contributed by atoms with Crippen molar-refractivity contribution in [3.63, 3.8) is 0 Å². The lowest BCUT2D eigenvalue weighted by Crippen LogP contribution is -2.10. The first-order valence-corrected chi connectivity index (χ1v) is 13.0. The fraction of sp³-hybridized carbons (Fsp3) is 0.206. The van der Waals surface area contributed by atoms with Gasteiger partial charge in [-0.05, 0) is 104 Å². The number of hydrogen-bond acceptors (Lipinski definition) is 6. The van der Waals surface area contributed by atoms with E-state index in [0.717, 1.165) is 47.1 Å². The van der Waals surface area contributed by atoms with Crippen LogP contribution in [-0.2, 0) is 27.2 Å². The molecule has 0 spiro atoms. The van der Waals surface area contributed by atoms with Gasteiger partial charge < -0.3 is 14.2 Å². The summed E-state index contributed by atoms with van der Waals surface area (Å²) in [6.45, 7) is 17.7. The highest BCUT2D eigenvalue weighted by molar-refractivity contribution is 5.91. The molecule has 3 aromatic rings. The number of carbonyl (C=O) groups excluding carboxylic acids is 3. The maximum absolute atomic E-state index is 12.2. The minimum atomic E-state index is -0.576. The van der Waals surface area contributed by atoms with Crippen molar-refractivity contribution in [3.8, 4) is 39.5 Å².